The second kappa shape index (κ2) is 9.05. The Labute approximate surface area is 168 Å². The standard InChI is InChI=1S/C22H31NO3S/c1-5-16(15-11-8-7-9-12-15)17-13-10-14-23(18(17)21(26)27)20(25)19(24)22(3,4)6-2/h7-9,11-12,16-18H,5-6,10,13-14H2,1-4H3,(H,26,27). The van der Waals surface area contributed by atoms with Crippen LogP contribution in [0.2, 0.25) is 0 Å². The Morgan fingerprint density at radius 1 is 1.19 bits per heavy atom. The first-order chi connectivity index (χ1) is 12.7. The van der Waals surface area contributed by atoms with Gasteiger partial charge in [-0.15, -0.1) is 12.6 Å². The van der Waals surface area contributed by atoms with Gasteiger partial charge in [0.1, 0.15) is 6.04 Å². The van der Waals surface area contributed by atoms with Gasteiger partial charge in [-0.3, -0.25) is 14.4 Å². The number of Topliss-reactive ketones (excluding diaryl/α,β-unsaturated/α-hetero) is 1. The fourth-order valence-corrected chi connectivity index (χ4v) is 4.39. The molecule has 0 spiro atoms. The zero-order chi connectivity index (χ0) is 20.2. The van der Waals surface area contributed by atoms with Crippen molar-refractivity contribution < 1.29 is 14.4 Å². The zero-order valence-electron chi connectivity index (χ0n) is 16.8. The van der Waals surface area contributed by atoms with Crippen molar-refractivity contribution in [3.05, 3.63) is 35.9 Å². The lowest BCUT2D eigenvalue weighted by atomic mass is 9.74. The second-order valence-electron chi connectivity index (χ2n) is 8.08. The Bertz CT molecular complexity index is 686. The molecule has 3 atom stereocenters. The number of ketones is 1. The third kappa shape index (κ3) is 4.63. The van der Waals surface area contributed by atoms with Gasteiger partial charge >= 0.3 is 0 Å². The van der Waals surface area contributed by atoms with E-state index >= 15 is 0 Å². The molecule has 0 radical (unpaired) electrons. The van der Waals surface area contributed by atoms with Crippen molar-refractivity contribution in [2.45, 2.75) is 65.3 Å². The molecule has 5 heteroatoms. The van der Waals surface area contributed by atoms with Crippen LogP contribution in [0.25, 0.3) is 0 Å². The van der Waals surface area contributed by atoms with E-state index in [2.05, 4.69) is 31.7 Å². The molecule has 27 heavy (non-hydrogen) atoms. The highest BCUT2D eigenvalue weighted by Crippen LogP contribution is 2.39. The molecule has 0 N–H and O–H groups in total. The van der Waals surface area contributed by atoms with Gasteiger partial charge in [0, 0.05) is 12.0 Å². The number of carbonyl (C=O) groups is 3. The van der Waals surface area contributed by atoms with Crippen LogP contribution in [-0.4, -0.2) is 34.3 Å². The minimum atomic E-state index is -0.724. The molecule has 1 saturated heterocycles. The van der Waals surface area contributed by atoms with E-state index in [1.165, 1.54) is 10.5 Å². The van der Waals surface area contributed by atoms with Gasteiger partial charge in [-0.05, 0) is 43.1 Å². The van der Waals surface area contributed by atoms with Crippen molar-refractivity contribution in [3.63, 3.8) is 0 Å². The average molecular weight is 390 g/mol. The summed E-state index contributed by atoms with van der Waals surface area (Å²) in [5, 5.41) is -0.329. The Morgan fingerprint density at radius 3 is 2.33 bits per heavy atom. The molecule has 148 valence electrons. The van der Waals surface area contributed by atoms with E-state index in [9.17, 15) is 14.4 Å². The van der Waals surface area contributed by atoms with Crippen molar-refractivity contribution in [2.75, 3.05) is 6.54 Å². The number of likely N-dealkylation sites (tertiary alicyclic amines) is 1. The maximum Gasteiger partial charge on any atom is 0.291 e. The van der Waals surface area contributed by atoms with Gasteiger partial charge < -0.3 is 4.90 Å². The van der Waals surface area contributed by atoms with Gasteiger partial charge in [0.2, 0.25) is 10.9 Å². The van der Waals surface area contributed by atoms with Crippen LogP contribution in [0.15, 0.2) is 30.3 Å². The van der Waals surface area contributed by atoms with Crippen LogP contribution in [0.3, 0.4) is 0 Å². The number of piperidine rings is 1. The van der Waals surface area contributed by atoms with Crippen LogP contribution in [0.1, 0.15) is 64.9 Å². The monoisotopic (exact) mass is 389 g/mol. The highest BCUT2D eigenvalue weighted by Gasteiger charge is 2.45. The molecule has 4 nitrogen and oxygen atoms in total. The first kappa shape index (κ1) is 21.7. The molecule has 1 aromatic rings. The summed E-state index contributed by atoms with van der Waals surface area (Å²) in [7, 11) is 0. The lowest BCUT2D eigenvalue weighted by Gasteiger charge is -2.43. The largest absolute Gasteiger partial charge is 0.325 e. The molecule has 0 bridgehead atoms. The summed E-state index contributed by atoms with van der Waals surface area (Å²) < 4.78 is 0. The highest BCUT2D eigenvalue weighted by atomic mass is 32.1. The summed E-state index contributed by atoms with van der Waals surface area (Å²) in [6.45, 7) is 8.00. The van der Waals surface area contributed by atoms with E-state index in [0.29, 0.717) is 13.0 Å². The average Bonchev–Trinajstić information content (AvgIpc) is 2.67. The minimum Gasteiger partial charge on any atom is -0.325 e. The van der Waals surface area contributed by atoms with E-state index in [-0.39, 0.29) is 17.0 Å². The second-order valence-corrected chi connectivity index (χ2v) is 8.52. The van der Waals surface area contributed by atoms with Crippen molar-refractivity contribution in [2.24, 2.45) is 11.3 Å². The van der Waals surface area contributed by atoms with Gasteiger partial charge in [-0.1, -0.05) is 58.0 Å². The van der Waals surface area contributed by atoms with Crippen LogP contribution in [0, 0.1) is 11.3 Å². The van der Waals surface area contributed by atoms with Gasteiger partial charge in [0.15, 0.2) is 0 Å². The quantitative estimate of drug-likeness (QED) is 0.560. The van der Waals surface area contributed by atoms with E-state index in [0.717, 1.165) is 19.3 Å². The fourth-order valence-electron chi connectivity index (χ4n) is 4.06. The van der Waals surface area contributed by atoms with Gasteiger partial charge in [-0.2, -0.15) is 0 Å². The van der Waals surface area contributed by atoms with Crippen LogP contribution in [0.5, 0.6) is 0 Å². The Hall–Kier alpha value is -1.62. The predicted molar refractivity (Wildman–Crippen MR) is 111 cm³/mol. The Balaban J connectivity index is 2.36. The first-order valence-corrected chi connectivity index (χ1v) is 10.3. The molecule has 0 saturated carbocycles. The minimum absolute atomic E-state index is 0.0300. The van der Waals surface area contributed by atoms with Crippen LogP contribution in [-0.2, 0) is 14.4 Å². The molecule has 1 fully saturated rings. The smallest absolute Gasteiger partial charge is 0.291 e. The molecule has 1 aliphatic rings. The highest BCUT2D eigenvalue weighted by molar-refractivity contribution is 7.96. The van der Waals surface area contributed by atoms with Crippen LogP contribution >= 0.6 is 12.6 Å². The van der Waals surface area contributed by atoms with Crippen molar-refractivity contribution in [3.8, 4) is 0 Å². The van der Waals surface area contributed by atoms with E-state index < -0.39 is 23.1 Å². The van der Waals surface area contributed by atoms with E-state index in [1.54, 1.807) is 13.8 Å². The number of hydrogen-bond acceptors (Lipinski definition) is 3. The van der Waals surface area contributed by atoms with Gasteiger partial charge in [0.05, 0.1) is 0 Å². The zero-order valence-corrected chi connectivity index (χ0v) is 17.7. The molecule has 1 heterocycles. The lowest BCUT2D eigenvalue weighted by Crippen LogP contribution is -2.56. The van der Waals surface area contributed by atoms with Gasteiger partial charge in [0.25, 0.3) is 5.91 Å². The Kier molecular flexibility index (Phi) is 7.26. The summed E-state index contributed by atoms with van der Waals surface area (Å²) in [4.78, 5) is 39.7. The van der Waals surface area contributed by atoms with Crippen molar-refractivity contribution in [1.82, 2.24) is 4.90 Å². The fraction of sp³-hybridized carbons (Fsp3) is 0.591. The molecule has 1 aliphatic heterocycles. The summed E-state index contributed by atoms with van der Waals surface area (Å²) in [6, 6.07) is 9.44. The number of hydrogen-bond donors (Lipinski definition) is 1. The summed E-state index contributed by atoms with van der Waals surface area (Å²) in [5.74, 6) is -0.838. The normalized spacial score (nSPS) is 21.6. The van der Waals surface area contributed by atoms with E-state index in [4.69, 9.17) is 0 Å². The maximum atomic E-state index is 13.0. The lowest BCUT2D eigenvalue weighted by molar-refractivity contribution is -0.154. The number of nitrogens with zero attached hydrogens (tertiary/aromatic N) is 1. The predicted octanol–water partition coefficient (Wildman–Crippen LogP) is 4.25. The van der Waals surface area contributed by atoms with Crippen molar-refractivity contribution in [1.29, 1.82) is 0 Å². The maximum absolute atomic E-state index is 13.0. The molecule has 0 aromatic heterocycles. The first-order valence-electron chi connectivity index (χ1n) is 9.87. The third-order valence-corrected chi connectivity index (χ3v) is 6.33. The van der Waals surface area contributed by atoms with Crippen LogP contribution in [0.4, 0.5) is 0 Å². The molecule has 3 unspecified atom stereocenters. The number of amides is 1. The molecule has 2 rings (SSSR count). The topological polar surface area (TPSA) is 54.5 Å². The number of benzene rings is 1. The Morgan fingerprint density at radius 2 is 1.81 bits per heavy atom. The third-order valence-electron chi connectivity index (χ3n) is 6.07. The summed E-state index contributed by atoms with van der Waals surface area (Å²) in [6.07, 6.45) is 3.08. The van der Waals surface area contributed by atoms with E-state index in [1.807, 2.05) is 25.1 Å². The molecular formula is C22H31NO3S. The molecular weight excluding hydrogens is 358 g/mol. The molecule has 1 amide bonds. The SMILES string of the molecule is CCC(c1ccccc1)C1CCCN(C(=O)C(=O)C(C)(C)CC)C1C(=O)S. The summed E-state index contributed by atoms with van der Waals surface area (Å²) in [5.41, 5.74) is 0.441. The number of thiol groups is 1. The molecule has 1 aromatic carbocycles. The van der Waals surface area contributed by atoms with Crippen LogP contribution < -0.4 is 0 Å². The number of carbonyl (C=O) groups excluding carboxylic acids is 3. The number of rotatable bonds is 7. The molecule has 0 aliphatic carbocycles. The van der Waals surface area contributed by atoms with Crippen molar-refractivity contribution >= 4 is 29.4 Å². The summed E-state index contributed by atoms with van der Waals surface area (Å²) >= 11 is 4.12. The van der Waals surface area contributed by atoms with Gasteiger partial charge in [-0.25, -0.2) is 0 Å².